The summed E-state index contributed by atoms with van der Waals surface area (Å²) < 4.78 is 36.5. The minimum absolute atomic E-state index is 0.139. The Morgan fingerprint density at radius 3 is 2.55 bits per heavy atom. The molecule has 3 rings (SSSR count). The first-order valence-electron chi connectivity index (χ1n) is 6.54. The Balaban J connectivity index is 1.71. The summed E-state index contributed by atoms with van der Waals surface area (Å²) in [6, 6.07) is 2.68. The van der Waals surface area contributed by atoms with Crippen LogP contribution in [0.1, 0.15) is 12.8 Å². The predicted molar refractivity (Wildman–Crippen MR) is 66.1 cm³/mol. The number of likely N-dealkylation sites (tertiary alicyclic amines) is 1. The van der Waals surface area contributed by atoms with Crippen LogP contribution in [0.25, 0.3) is 0 Å². The molecule has 3 unspecified atom stereocenters. The van der Waals surface area contributed by atoms with Crippen LogP contribution in [-0.4, -0.2) is 30.9 Å². The Morgan fingerprint density at radius 1 is 1.20 bits per heavy atom. The fourth-order valence-electron chi connectivity index (χ4n) is 2.74. The van der Waals surface area contributed by atoms with Gasteiger partial charge >= 0.3 is 6.09 Å². The van der Waals surface area contributed by atoms with E-state index < -0.39 is 17.7 Å². The lowest BCUT2D eigenvalue weighted by Gasteiger charge is -2.33. The van der Waals surface area contributed by atoms with Gasteiger partial charge in [0, 0.05) is 31.9 Å². The molecule has 4 nitrogen and oxygen atoms in total. The van der Waals surface area contributed by atoms with Crippen molar-refractivity contribution in [1.82, 2.24) is 4.90 Å². The van der Waals surface area contributed by atoms with Crippen LogP contribution in [0, 0.1) is 23.5 Å². The van der Waals surface area contributed by atoms with E-state index in [0.29, 0.717) is 18.4 Å². The van der Waals surface area contributed by atoms with Gasteiger partial charge in [-0.05, 0) is 24.7 Å². The number of benzene rings is 1. The average Bonchev–Trinajstić information content (AvgIpc) is 3.13. The number of amides is 1. The highest BCUT2D eigenvalue weighted by atomic mass is 19.1. The van der Waals surface area contributed by atoms with Crippen LogP contribution in [-0.2, 0) is 4.74 Å². The lowest BCUT2D eigenvalue weighted by molar-refractivity contribution is -0.0428. The van der Waals surface area contributed by atoms with Crippen LogP contribution in [0.4, 0.5) is 13.6 Å². The van der Waals surface area contributed by atoms with E-state index in [2.05, 4.69) is 0 Å². The first-order chi connectivity index (χ1) is 9.56. The third-order valence-corrected chi connectivity index (χ3v) is 3.90. The molecule has 1 aromatic rings. The van der Waals surface area contributed by atoms with Gasteiger partial charge in [0.1, 0.15) is 23.6 Å². The molecule has 3 atom stereocenters. The van der Waals surface area contributed by atoms with Gasteiger partial charge in [0.05, 0.1) is 0 Å². The van der Waals surface area contributed by atoms with Gasteiger partial charge in [0.25, 0.3) is 0 Å². The third-order valence-electron chi connectivity index (χ3n) is 3.90. The highest BCUT2D eigenvalue weighted by Crippen LogP contribution is 2.47. The Morgan fingerprint density at radius 2 is 1.90 bits per heavy atom. The zero-order chi connectivity index (χ0) is 14.3. The second kappa shape index (κ2) is 5.01. The fourth-order valence-corrected chi connectivity index (χ4v) is 2.74. The summed E-state index contributed by atoms with van der Waals surface area (Å²) in [5.41, 5.74) is 0. The van der Waals surface area contributed by atoms with Gasteiger partial charge in [-0.1, -0.05) is 0 Å². The number of nitrogens with zero attached hydrogens (tertiary/aromatic N) is 1. The second-order valence-electron chi connectivity index (χ2n) is 5.31. The van der Waals surface area contributed by atoms with Crippen molar-refractivity contribution in [2.45, 2.75) is 19.1 Å². The number of halogens is 2. The minimum atomic E-state index is -0.781. The smallest absolute Gasteiger partial charge is 0.410 e. The molecule has 6 heteroatoms. The van der Waals surface area contributed by atoms with Crippen molar-refractivity contribution in [2.75, 3.05) is 13.7 Å². The molecule has 1 aliphatic heterocycles. The Hall–Kier alpha value is -1.69. The van der Waals surface area contributed by atoms with Crippen LogP contribution in [0.3, 0.4) is 0 Å². The molecule has 0 spiro atoms. The predicted octanol–water partition coefficient (Wildman–Crippen LogP) is 2.78. The Labute approximate surface area is 115 Å². The van der Waals surface area contributed by atoms with E-state index in [1.165, 1.54) is 12.0 Å². The summed E-state index contributed by atoms with van der Waals surface area (Å²) in [5.74, 6) is -0.580. The number of rotatable bonds is 2. The van der Waals surface area contributed by atoms with E-state index in [1.807, 2.05) is 0 Å². The second-order valence-corrected chi connectivity index (χ2v) is 5.31. The summed E-state index contributed by atoms with van der Waals surface area (Å²) in [5, 5.41) is 0. The molecule has 20 heavy (non-hydrogen) atoms. The maximum absolute atomic E-state index is 13.1. The largest absolute Gasteiger partial charge is 0.417 e. The fraction of sp³-hybridized carbons (Fsp3) is 0.500. The first-order valence-corrected chi connectivity index (χ1v) is 6.54. The lowest BCUT2D eigenvalue weighted by atomic mass is 10.1. The maximum Gasteiger partial charge on any atom is 0.417 e. The topological polar surface area (TPSA) is 38.8 Å². The monoisotopic (exact) mass is 283 g/mol. The molecular weight excluding hydrogens is 268 g/mol. The van der Waals surface area contributed by atoms with Crippen molar-refractivity contribution in [3.8, 4) is 5.75 Å². The van der Waals surface area contributed by atoms with Crippen LogP contribution in [0.2, 0.25) is 0 Å². The van der Waals surface area contributed by atoms with E-state index in [1.54, 1.807) is 0 Å². The Bertz CT molecular complexity index is 517. The standard InChI is InChI=1S/C14H15F2NO3/c1-19-13-3-8-2-9(8)7-17(13)14(18)20-12-5-10(15)4-11(16)6-12/h4-6,8-9,13H,2-3,7H2,1H3. The zero-order valence-corrected chi connectivity index (χ0v) is 11.0. The summed E-state index contributed by atoms with van der Waals surface area (Å²) in [4.78, 5) is 13.6. The van der Waals surface area contributed by atoms with E-state index in [9.17, 15) is 13.6 Å². The quantitative estimate of drug-likeness (QED) is 0.837. The van der Waals surface area contributed by atoms with Crippen molar-refractivity contribution in [2.24, 2.45) is 11.8 Å². The molecule has 0 bridgehead atoms. The lowest BCUT2D eigenvalue weighted by Crippen LogP contribution is -2.47. The summed E-state index contributed by atoms with van der Waals surface area (Å²) >= 11 is 0. The number of carbonyl (C=O) groups excluding carboxylic acids is 1. The van der Waals surface area contributed by atoms with Crippen molar-refractivity contribution in [3.63, 3.8) is 0 Å². The molecule has 2 aliphatic rings. The van der Waals surface area contributed by atoms with E-state index in [-0.39, 0.29) is 12.0 Å². The SMILES string of the molecule is COC1CC2CC2CN1C(=O)Oc1cc(F)cc(F)c1. The average molecular weight is 283 g/mol. The van der Waals surface area contributed by atoms with Gasteiger partial charge in [0.15, 0.2) is 0 Å². The van der Waals surface area contributed by atoms with Gasteiger partial charge in [-0.25, -0.2) is 13.6 Å². The van der Waals surface area contributed by atoms with E-state index in [0.717, 1.165) is 31.0 Å². The van der Waals surface area contributed by atoms with Crippen molar-refractivity contribution in [1.29, 1.82) is 0 Å². The number of fused-ring (bicyclic) bond motifs is 1. The van der Waals surface area contributed by atoms with Gasteiger partial charge < -0.3 is 9.47 Å². The number of hydrogen-bond acceptors (Lipinski definition) is 3. The number of methoxy groups -OCH3 is 1. The van der Waals surface area contributed by atoms with Gasteiger partial charge in [-0.2, -0.15) is 0 Å². The van der Waals surface area contributed by atoms with Crippen molar-refractivity contribution in [3.05, 3.63) is 29.8 Å². The summed E-state index contributed by atoms with van der Waals surface area (Å²) in [6.45, 7) is 0.569. The highest BCUT2D eigenvalue weighted by Gasteiger charge is 2.47. The summed E-state index contributed by atoms with van der Waals surface area (Å²) in [6.07, 6.45) is 0.920. The number of hydrogen-bond donors (Lipinski definition) is 0. The minimum Gasteiger partial charge on any atom is -0.410 e. The molecule has 1 aromatic carbocycles. The van der Waals surface area contributed by atoms with E-state index in [4.69, 9.17) is 9.47 Å². The maximum atomic E-state index is 13.1. The molecule has 2 fully saturated rings. The molecule has 108 valence electrons. The Kier molecular flexibility index (Phi) is 3.33. The molecule has 1 saturated heterocycles. The van der Waals surface area contributed by atoms with E-state index >= 15 is 0 Å². The van der Waals surface area contributed by atoms with Crippen LogP contribution in [0.15, 0.2) is 18.2 Å². The van der Waals surface area contributed by atoms with Gasteiger partial charge in [0.2, 0.25) is 0 Å². The molecule has 1 heterocycles. The molecule has 0 radical (unpaired) electrons. The molecule has 0 aromatic heterocycles. The third kappa shape index (κ3) is 2.60. The van der Waals surface area contributed by atoms with Crippen LogP contribution >= 0.6 is 0 Å². The van der Waals surface area contributed by atoms with Gasteiger partial charge in [-0.15, -0.1) is 0 Å². The zero-order valence-electron chi connectivity index (χ0n) is 11.0. The van der Waals surface area contributed by atoms with Crippen LogP contribution < -0.4 is 4.74 Å². The normalized spacial score (nSPS) is 27.9. The summed E-state index contributed by atoms with van der Waals surface area (Å²) in [7, 11) is 1.54. The first kappa shape index (κ1) is 13.3. The molecular formula is C14H15F2NO3. The molecule has 0 N–H and O–H groups in total. The van der Waals surface area contributed by atoms with Crippen LogP contribution in [0.5, 0.6) is 5.75 Å². The van der Waals surface area contributed by atoms with Crippen molar-refractivity contribution < 1.29 is 23.0 Å². The van der Waals surface area contributed by atoms with Gasteiger partial charge in [-0.3, -0.25) is 4.90 Å². The molecule has 1 amide bonds. The number of piperidine rings is 1. The number of ether oxygens (including phenoxy) is 2. The molecule has 1 saturated carbocycles. The number of carbonyl (C=O) groups is 1. The molecule has 1 aliphatic carbocycles. The highest BCUT2D eigenvalue weighted by molar-refractivity contribution is 5.71. The van der Waals surface area contributed by atoms with Crippen molar-refractivity contribution >= 4 is 6.09 Å².